The number of carbonyl (C=O) groups excluding carboxylic acids is 3. The number of furan rings is 1. The quantitative estimate of drug-likeness (QED) is 0.577. The summed E-state index contributed by atoms with van der Waals surface area (Å²) in [6.45, 7) is 0.131. The number of urea groups is 1. The van der Waals surface area contributed by atoms with Gasteiger partial charge in [0.05, 0.1) is 28.3 Å². The Bertz CT molecular complexity index is 1080. The normalized spacial score (nSPS) is 14.5. The Morgan fingerprint density at radius 3 is 2.56 bits per heavy atom. The van der Waals surface area contributed by atoms with Gasteiger partial charge in [0.15, 0.2) is 6.61 Å². The van der Waals surface area contributed by atoms with Crippen molar-refractivity contribution in [3.63, 3.8) is 0 Å². The highest BCUT2D eigenvalue weighted by molar-refractivity contribution is 7.89. The minimum atomic E-state index is -3.78. The average Bonchev–Trinajstić information content (AvgIpc) is 3.30. The van der Waals surface area contributed by atoms with Crippen molar-refractivity contribution in [1.29, 1.82) is 0 Å². The van der Waals surface area contributed by atoms with Crippen LogP contribution in [0.3, 0.4) is 0 Å². The van der Waals surface area contributed by atoms with Gasteiger partial charge in [-0.2, -0.15) is 4.31 Å². The molecule has 0 radical (unpaired) electrons. The van der Waals surface area contributed by atoms with E-state index in [0.29, 0.717) is 18.8 Å². The molecule has 3 amide bonds. The van der Waals surface area contributed by atoms with Crippen molar-refractivity contribution in [2.75, 3.05) is 19.7 Å². The van der Waals surface area contributed by atoms with Crippen LogP contribution in [0, 0.1) is 0 Å². The molecule has 32 heavy (non-hydrogen) atoms. The molecule has 2 heterocycles. The lowest BCUT2D eigenvalue weighted by Gasteiger charge is -2.26. The van der Waals surface area contributed by atoms with Crippen LogP contribution in [0.1, 0.15) is 35.4 Å². The summed E-state index contributed by atoms with van der Waals surface area (Å²) < 4.78 is 36.9. The molecular formula is C20H22ClN3O7S. The number of sulfonamides is 1. The maximum absolute atomic E-state index is 12.8. The molecule has 1 aromatic heterocycles. The molecule has 1 aliphatic rings. The molecule has 1 saturated heterocycles. The molecule has 0 aliphatic carbocycles. The van der Waals surface area contributed by atoms with E-state index in [1.807, 2.05) is 5.32 Å². The lowest BCUT2D eigenvalue weighted by atomic mass is 10.2. The van der Waals surface area contributed by atoms with E-state index in [1.165, 1.54) is 22.7 Å². The molecule has 3 rings (SSSR count). The fourth-order valence-corrected chi connectivity index (χ4v) is 4.81. The van der Waals surface area contributed by atoms with Crippen LogP contribution in [0.15, 0.2) is 45.9 Å². The molecule has 0 unspecified atom stereocenters. The molecule has 1 aromatic carbocycles. The zero-order chi connectivity index (χ0) is 23.1. The van der Waals surface area contributed by atoms with Crippen LogP contribution in [0.25, 0.3) is 0 Å². The van der Waals surface area contributed by atoms with E-state index < -0.39 is 34.5 Å². The van der Waals surface area contributed by atoms with Crippen molar-refractivity contribution >= 4 is 39.5 Å². The Morgan fingerprint density at radius 2 is 1.88 bits per heavy atom. The van der Waals surface area contributed by atoms with Crippen LogP contribution < -0.4 is 10.6 Å². The van der Waals surface area contributed by atoms with Crippen molar-refractivity contribution < 1.29 is 32.0 Å². The number of rotatable bonds is 7. The SMILES string of the molecule is O=C(COC(=O)c1cc(S(=O)(=O)N2CCCCC2)ccc1Cl)NC(=O)NCc1ccco1. The highest BCUT2D eigenvalue weighted by Crippen LogP contribution is 2.25. The maximum Gasteiger partial charge on any atom is 0.340 e. The van der Waals surface area contributed by atoms with Crippen LogP contribution in [-0.2, 0) is 26.1 Å². The van der Waals surface area contributed by atoms with E-state index in [0.717, 1.165) is 25.3 Å². The molecule has 0 saturated carbocycles. The third-order valence-corrected chi connectivity index (χ3v) is 6.93. The van der Waals surface area contributed by atoms with Gasteiger partial charge in [0, 0.05) is 13.1 Å². The number of hydrogen-bond acceptors (Lipinski definition) is 7. The fourth-order valence-electron chi connectivity index (χ4n) is 3.07. The van der Waals surface area contributed by atoms with Crippen LogP contribution >= 0.6 is 11.6 Å². The van der Waals surface area contributed by atoms with Gasteiger partial charge in [-0.15, -0.1) is 0 Å². The Balaban J connectivity index is 1.56. The van der Waals surface area contributed by atoms with Gasteiger partial charge < -0.3 is 14.5 Å². The Kier molecular flexibility index (Phi) is 7.89. The number of imide groups is 1. The highest BCUT2D eigenvalue weighted by Gasteiger charge is 2.27. The second-order valence-electron chi connectivity index (χ2n) is 6.99. The summed E-state index contributed by atoms with van der Waals surface area (Å²) in [6, 6.07) is 6.24. The van der Waals surface area contributed by atoms with Gasteiger partial charge in [-0.3, -0.25) is 10.1 Å². The number of carbonyl (C=O) groups is 3. The summed E-state index contributed by atoms with van der Waals surface area (Å²) >= 11 is 6.03. The van der Waals surface area contributed by atoms with Crippen LogP contribution in [0.2, 0.25) is 5.02 Å². The number of hydrogen-bond donors (Lipinski definition) is 2. The number of nitrogens with one attached hydrogen (secondary N) is 2. The number of esters is 1. The van der Waals surface area contributed by atoms with Crippen molar-refractivity contribution in [3.05, 3.63) is 52.9 Å². The monoisotopic (exact) mass is 483 g/mol. The fraction of sp³-hybridized carbons (Fsp3) is 0.350. The van der Waals surface area contributed by atoms with Gasteiger partial charge in [-0.05, 0) is 43.2 Å². The summed E-state index contributed by atoms with van der Waals surface area (Å²) in [7, 11) is -3.78. The van der Waals surface area contributed by atoms with Crippen LogP contribution in [0.5, 0.6) is 0 Å². The first-order chi connectivity index (χ1) is 15.3. The molecule has 1 aliphatic heterocycles. The van der Waals surface area contributed by atoms with Gasteiger partial charge in [0.1, 0.15) is 5.76 Å². The molecule has 0 bridgehead atoms. The molecule has 0 atom stereocenters. The van der Waals surface area contributed by atoms with E-state index >= 15 is 0 Å². The summed E-state index contributed by atoms with van der Waals surface area (Å²) in [6.07, 6.45) is 3.95. The molecule has 0 spiro atoms. The van der Waals surface area contributed by atoms with Crippen molar-refractivity contribution in [1.82, 2.24) is 14.9 Å². The first-order valence-electron chi connectivity index (χ1n) is 9.84. The van der Waals surface area contributed by atoms with E-state index in [4.69, 9.17) is 20.8 Å². The maximum atomic E-state index is 12.8. The number of nitrogens with zero attached hydrogens (tertiary/aromatic N) is 1. The zero-order valence-electron chi connectivity index (χ0n) is 17.0. The molecule has 2 N–H and O–H groups in total. The summed E-state index contributed by atoms with van der Waals surface area (Å²) in [5, 5.41) is 4.38. The minimum Gasteiger partial charge on any atom is -0.467 e. The summed E-state index contributed by atoms with van der Waals surface area (Å²) in [5.74, 6) is -1.37. The van der Waals surface area contributed by atoms with Gasteiger partial charge in [-0.25, -0.2) is 18.0 Å². The second-order valence-corrected chi connectivity index (χ2v) is 9.34. The topological polar surface area (TPSA) is 135 Å². The van der Waals surface area contributed by atoms with Gasteiger partial charge in [0.25, 0.3) is 5.91 Å². The van der Waals surface area contributed by atoms with E-state index in [2.05, 4.69) is 5.32 Å². The smallest absolute Gasteiger partial charge is 0.340 e. The van der Waals surface area contributed by atoms with Gasteiger partial charge >= 0.3 is 12.0 Å². The first-order valence-corrected chi connectivity index (χ1v) is 11.7. The molecule has 12 heteroatoms. The van der Waals surface area contributed by atoms with E-state index in [1.54, 1.807) is 12.1 Å². The molecule has 2 aromatic rings. The number of piperidine rings is 1. The predicted molar refractivity (Wildman–Crippen MR) is 113 cm³/mol. The third-order valence-electron chi connectivity index (χ3n) is 4.70. The number of ether oxygens (including phenoxy) is 1. The minimum absolute atomic E-state index is 0.0239. The third kappa shape index (κ3) is 6.09. The lowest BCUT2D eigenvalue weighted by molar-refractivity contribution is -0.123. The number of halogens is 1. The second kappa shape index (κ2) is 10.6. The van der Waals surface area contributed by atoms with Crippen LogP contribution in [0.4, 0.5) is 4.79 Å². The molecule has 10 nitrogen and oxygen atoms in total. The highest BCUT2D eigenvalue weighted by atomic mass is 35.5. The lowest BCUT2D eigenvalue weighted by Crippen LogP contribution is -2.41. The van der Waals surface area contributed by atoms with E-state index in [-0.39, 0.29) is 22.0 Å². The molecule has 172 valence electrons. The number of benzene rings is 1. The Labute approximate surface area is 189 Å². The van der Waals surface area contributed by atoms with Crippen LogP contribution in [-0.4, -0.2) is 50.3 Å². The van der Waals surface area contributed by atoms with Gasteiger partial charge in [-0.1, -0.05) is 18.0 Å². The Morgan fingerprint density at radius 1 is 1.12 bits per heavy atom. The predicted octanol–water partition coefficient (Wildman–Crippen LogP) is 2.29. The molecular weight excluding hydrogens is 462 g/mol. The standard InChI is InChI=1S/C20H22ClN3O7S/c21-17-7-6-15(32(28,29)24-8-2-1-3-9-24)11-16(17)19(26)31-13-18(25)23-20(27)22-12-14-5-4-10-30-14/h4-7,10-11H,1-3,8-9,12-13H2,(H2,22,23,25,27). The van der Waals surface area contributed by atoms with E-state index in [9.17, 15) is 22.8 Å². The first kappa shape index (κ1) is 23.8. The summed E-state index contributed by atoms with van der Waals surface area (Å²) in [4.78, 5) is 35.9. The Hall–Kier alpha value is -2.89. The number of amides is 3. The molecule has 1 fully saturated rings. The van der Waals surface area contributed by atoms with Crippen molar-refractivity contribution in [2.45, 2.75) is 30.7 Å². The largest absolute Gasteiger partial charge is 0.467 e. The summed E-state index contributed by atoms with van der Waals surface area (Å²) in [5.41, 5.74) is -0.195. The van der Waals surface area contributed by atoms with Gasteiger partial charge in [0.2, 0.25) is 10.0 Å². The van der Waals surface area contributed by atoms with Crippen molar-refractivity contribution in [3.8, 4) is 0 Å². The zero-order valence-corrected chi connectivity index (χ0v) is 18.6. The van der Waals surface area contributed by atoms with Crippen molar-refractivity contribution in [2.24, 2.45) is 0 Å². The average molecular weight is 484 g/mol.